The topological polar surface area (TPSA) is 12.0 Å². The first-order valence-corrected chi connectivity index (χ1v) is 7.61. The summed E-state index contributed by atoms with van der Waals surface area (Å²) < 4.78 is 0. The molecule has 14 heavy (non-hydrogen) atoms. The Morgan fingerprint density at radius 2 is 1.29 bits per heavy atom. The van der Waals surface area contributed by atoms with Gasteiger partial charge in [0.1, 0.15) is 0 Å². The molecule has 0 bridgehead atoms. The predicted molar refractivity (Wildman–Crippen MR) is 69.6 cm³/mol. The van der Waals surface area contributed by atoms with Crippen LogP contribution in [0.2, 0.25) is 5.04 Å². The highest BCUT2D eigenvalue weighted by molar-refractivity contribution is 6.37. The van der Waals surface area contributed by atoms with E-state index in [0.29, 0.717) is 10.6 Å². The van der Waals surface area contributed by atoms with Crippen molar-refractivity contribution in [3.63, 3.8) is 0 Å². The number of hydrogen-bond acceptors (Lipinski definition) is 1. The molecule has 0 aromatic rings. The van der Waals surface area contributed by atoms with E-state index in [4.69, 9.17) is 0 Å². The highest BCUT2D eigenvalue weighted by Gasteiger charge is 2.25. The Balaban J connectivity index is 4.14. The van der Waals surface area contributed by atoms with E-state index in [1.807, 2.05) is 0 Å². The maximum absolute atomic E-state index is 3.88. The van der Waals surface area contributed by atoms with E-state index in [2.05, 4.69) is 46.5 Å². The third-order valence-electron chi connectivity index (χ3n) is 4.21. The lowest BCUT2D eigenvalue weighted by molar-refractivity contribution is 0.387. The molecule has 0 unspecified atom stereocenters. The molecule has 1 nitrogen and oxygen atoms in total. The molecule has 0 radical (unpaired) electrons. The monoisotopic (exact) mass is 215 g/mol. The lowest BCUT2D eigenvalue weighted by atomic mass is 9.98. The summed E-state index contributed by atoms with van der Waals surface area (Å²) in [5.74, 6) is 0. The van der Waals surface area contributed by atoms with Gasteiger partial charge in [-0.2, -0.15) is 0 Å². The Bertz CT molecular complexity index is 130. The fourth-order valence-electron chi connectivity index (χ4n) is 1.43. The quantitative estimate of drug-likeness (QED) is 0.643. The van der Waals surface area contributed by atoms with E-state index < -0.39 is 0 Å². The van der Waals surface area contributed by atoms with E-state index in [-0.39, 0.29) is 9.68 Å². The summed E-state index contributed by atoms with van der Waals surface area (Å²) in [4.78, 5) is 3.88. The summed E-state index contributed by atoms with van der Waals surface area (Å²) >= 11 is 0. The molecule has 0 aromatic carbocycles. The zero-order valence-electron chi connectivity index (χ0n) is 11.0. The van der Waals surface area contributed by atoms with Gasteiger partial charge in [0, 0.05) is 5.54 Å². The van der Waals surface area contributed by atoms with Crippen LogP contribution in [-0.2, 0) is 0 Å². The van der Waals surface area contributed by atoms with Gasteiger partial charge in [-0.25, -0.2) is 0 Å². The standard InChI is InChI=1S/C12H29NSi/c1-7-11(5,8-2)13-14-12(6,9-3)10-4/h13H,7-10,14H2,1-6H3. The van der Waals surface area contributed by atoms with E-state index in [1.165, 1.54) is 25.7 Å². The van der Waals surface area contributed by atoms with Crippen LogP contribution < -0.4 is 4.98 Å². The predicted octanol–water partition coefficient (Wildman–Crippen LogP) is 3.24. The van der Waals surface area contributed by atoms with Crippen molar-refractivity contribution < 1.29 is 0 Å². The van der Waals surface area contributed by atoms with Gasteiger partial charge in [-0.15, -0.1) is 0 Å². The molecule has 0 spiro atoms. The summed E-state index contributed by atoms with van der Waals surface area (Å²) in [6.45, 7) is 14.0. The normalized spacial score (nSPS) is 14.1. The molecule has 0 amide bonds. The Morgan fingerprint density at radius 3 is 1.57 bits per heavy atom. The van der Waals surface area contributed by atoms with Crippen molar-refractivity contribution in [2.45, 2.75) is 77.8 Å². The van der Waals surface area contributed by atoms with E-state index in [9.17, 15) is 0 Å². The van der Waals surface area contributed by atoms with Crippen LogP contribution in [0.1, 0.15) is 67.2 Å². The smallest absolute Gasteiger partial charge is 0.0980 e. The van der Waals surface area contributed by atoms with Crippen molar-refractivity contribution in [1.29, 1.82) is 0 Å². The van der Waals surface area contributed by atoms with Crippen molar-refractivity contribution in [3.05, 3.63) is 0 Å². The highest BCUT2D eigenvalue weighted by Crippen LogP contribution is 2.32. The molecule has 0 heterocycles. The Morgan fingerprint density at radius 1 is 0.857 bits per heavy atom. The number of rotatable bonds is 7. The first-order valence-electron chi connectivity index (χ1n) is 6.20. The molecule has 0 saturated heterocycles. The van der Waals surface area contributed by atoms with Crippen molar-refractivity contribution in [2.24, 2.45) is 0 Å². The maximum Gasteiger partial charge on any atom is 0.0980 e. The van der Waals surface area contributed by atoms with Gasteiger partial charge in [-0.3, -0.25) is 0 Å². The van der Waals surface area contributed by atoms with Crippen molar-refractivity contribution in [2.75, 3.05) is 0 Å². The molecule has 0 aliphatic carbocycles. The molecule has 0 atom stereocenters. The zero-order chi connectivity index (χ0) is 11.2. The molecule has 86 valence electrons. The van der Waals surface area contributed by atoms with Gasteiger partial charge in [0.2, 0.25) is 0 Å². The molecular formula is C12H29NSi. The first-order chi connectivity index (χ1) is 6.45. The Hall–Kier alpha value is 0.177. The highest BCUT2D eigenvalue weighted by atomic mass is 28.2. The summed E-state index contributed by atoms with van der Waals surface area (Å²) in [5.41, 5.74) is 0.401. The second kappa shape index (κ2) is 5.91. The Kier molecular flexibility index (Phi) is 5.99. The fourth-order valence-corrected chi connectivity index (χ4v) is 3.28. The van der Waals surface area contributed by atoms with Crippen LogP contribution in [0, 0.1) is 0 Å². The van der Waals surface area contributed by atoms with Gasteiger partial charge in [-0.1, -0.05) is 47.5 Å². The molecule has 2 heteroatoms. The fraction of sp³-hybridized carbons (Fsp3) is 1.00. The van der Waals surface area contributed by atoms with Crippen LogP contribution in [-0.4, -0.2) is 15.2 Å². The maximum atomic E-state index is 3.88. The number of hydrogen-bond donors (Lipinski definition) is 1. The van der Waals surface area contributed by atoms with E-state index in [0.717, 1.165) is 0 Å². The lowest BCUT2D eigenvalue weighted by Crippen LogP contribution is -2.46. The van der Waals surface area contributed by atoms with E-state index in [1.54, 1.807) is 0 Å². The van der Waals surface area contributed by atoms with Crippen LogP contribution in [0.4, 0.5) is 0 Å². The van der Waals surface area contributed by atoms with E-state index >= 15 is 0 Å². The molecular weight excluding hydrogens is 186 g/mol. The molecule has 0 saturated carbocycles. The van der Waals surface area contributed by atoms with Gasteiger partial charge in [0.25, 0.3) is 0 Å². The molecule has 0 aliphatic rings. The minimum Gasteiger partial charge on any atom is -0.337 e. The molecule has 0 aliphatic heterocycles. The van der Waals surface area contributed by atoms with Crippen LogP contribution in [0.25, 0.3) is 0 Å². The number of nitrogens with one attached hydrogen (secondary N) is 1. The lowest BCUT2D eigenvalue weighted by Gasteiger charge is -2.35. The van der Waals surface area contributed by atoms with Gasteiger partial charge in [0.05, 0.1) is 9.68 Å². The van der Waals surface area contributed by atoms with Gasteiger partial charge >= 0.3 is 0 Å². The largest absolute Gasteiger partial charge is 0.337 e. The zero-order valence-corrected chi connectivity index (χ0v) is 12.4. The second-order valence-corrected chi connectivity index (χ2v) is 7.55. The third-order valence-corrected chi connectivity index (χ3v) is 7.09. The SMILES string of the molecule is CCC(C)(CC)N[SiH2]C(C)(CC)CC. The molecule has 0 fully saturated rings. The second-order valence-electron chi connectivity index (χ2n) is 5.14. The molecule has 0 rings (SSSR count). The van der Waals surface area contributed by atoms with Crippen LogP contribution in [0.5, 0.6) is 0 Å². The minimum atomic E-state index is -0.147. The first kappa shape index (κ1) is 14.2. The van der Waals surface area contributed by atoms with Crippen molar-refractivity contribution in [3.8, 4) is 0 Å². The summed E-state index contributed by atoms with van der Waals surface area (Å²) in [7, 11) is -0.147. The van der Waals surface area contributed by atoms with Crippen LogP contribution >= 0.6 is 0 Å². The summed E-state index contributed by atoms with van der Waals surface area (Å²) in [5, 5.41) is 0.617. The van der Waals surface area contributed by atoms with Crippen molar-refractivity contribution in [1.82, 2.24) is 4.98 Å². The average molecular weight is 215 g/mol. The summed E-state index contributed by atoms with van der Waals surface area (Å²) in [6, 6.07) is 0. The van der Waals surface area contributed by atoms with Crippen molar-refractivity contribution >= 4 is 9.68 Å². The van der Waals surface area contributed by atoms with Gasteiger partial charge in [0.15, 0.2) is 0 Å². The third kappa shape index (κ3) is 4.14. The van der Waals surface area contributed by atoms with Gasteiger partial charge in [-0.05, 0) is 24.8 Å². The molecule has 1 N–H and O–H groups in total. The molecule has 0 aromatic heterocycles. The summed E-state index contributed by atoms with van der Waals surface area (Å²) in [6.07, 6.45) is 5.15. The van der Waals surface area contributed by atoms with Crippen LogP contribution in [0.3, 0.4) is 0 Å². The van der Waals surface area contributed by atoms with Gasteiger partial charge < -0.3 is 4.98 Å². The van der Waals surface area contributed by atoms with Crippen LogP contribution in [0.15, 0.2) is 0 Å². The minimum absolute atomic E-state index is 0.147. The average Bonchev–Trinajstić information content (AvgIpc) is 2.25. The Labute approximate surface area is 93.0 Å².